The molecule has 0 spiro atoms. The average molecular weight is 270 g/mol. The Bertz CT molecular complexity index is 645. The lowest BCUT2D eigenvalue weighted by atomic mass is 9.91. The van der Waals surface area contributed by atoms with Gasteiger partial charge < -0.3 is 14.6 Å². The van der Waals surface area contributed by atoms with Gasteiger partial charge in [0.2, 0.25) is 5.78 Å². The maximum absolute atomic E-state index is 12.6. The minimum atomic E-state index is -0.886. The smallest absolute Gasteiger partial charge is 0.201 e. The van der Waals surface area contributed by atoms with E-state index < -0.39 is 5.60 Å². The van der Waals surface area contributed by atoms with Gasteiger partial charge in [-0.25, -0.2) is 0 Å². The van der Waals surface area contributed by atoms with E-state index in [0.717, 1.165) is 5.56 Å². The summed E-state index contributed by atoms with van der Waals surface area (Å²) >= 11 is 0. The van der Waals surface area contributed by atoms with Crippen LogP contribution in [-0.2, 0) is 10.3 Å². The van der Waals surface area contributed by atoms with Crippen molar-refractivity contribution < 1.29 is 19.4 Å². The van der Waals surface area contributed by atoms with Crippen LogP contribution in [0, 0.1) is 0 Å². The number of phenolic OH excluding ortho intramolecular Hbond substituents is 1. The Morgan fingerprint density at radius 3 is 2.55 bits per heavy atom. The van der Waals surface area contributed by atoms with Crippen molar-refractivity contribution in [2.45, 2.75) is 5.60 Å². The molecule has 1 aliphatic rings. The number of phenols is 1. The summed E-state index contributed by atoms with van der Waals surface area (Å²) in [6.45, 7) is 0.374. The summed E-state index contributed by atoms with van der Waals surface area (Å²) in [4.78, 5) is 12.6. The molecule has 0 aliphatic carbocycles. The number of methoxy groups -OCH3 is 1. The first-order valence-electron chi connectivity index (χ1n) is 6.29. The van der Waals surface area contributed by atoms with Crippen LogP contribution in [0.1, 0.15) is 15.9 Å². The van der Waals surface area contributed by atoms with Crippen molar-refractivity contribution in [2.75, 3.05) is 13.7 Å². The van der Waals surface area contributed by atoms with Crippen molar-refractivity contribution in [1.29, 1.82) is 0 Å². The molecule has 3 rings (SSSR count). The number of carbonyl (C=O) groups is 1. The van der Waals surface area contributed by atoms with E-state index in [-0.39, 0.29) is 17.3 Å². The molecule has 0 radical (unpaired) electrons. The summed E-state index contributed by atoms with van der Waals surface area (Å²) < 4.78 is 10.5. The molecule has 20 heavy (non-hydrogen) atoms. The standard InChI is InChI=1S/C16H14O4/c1-19-14-9-11(7-8-13(14)17)15(18)16(10-20-16)12-5-3-2-4-6-12/h2-9,17H,10H2,1H3. The van der Waals surface area contributed by atoms with Gasteiger partial charge in [-0.05, 0) is 23.8 Å². The van der Waals surface area contributed by atoms with E-state index in [0.29, 0.717) is 12.2 Å². The number of rotatable bonds is 4. The van der Waals surface area contributed by atoms with Gasteiger partial charge in [0.05, 0.1) is 13.7 Å². The van der Waals surface area contributed by atoms with E-state index in [4.69, 9.17) is 9.47 Å². The Morgan fingerprint density at radius 1 is 1.25 bits per heavy atom. The molecule has 1 saturated heterocycles. The number of ketones is 1. The Hall–Kier alpha value is -2.33. The van der Waals surface area contributed by atoms with Crippen LogP contribution in [-0.4, -0.2) is 24.6 Å². The summed E-state index contributed by atoms with van der Waals surface area (Å²) in [5.74, 6) is 0.163. The number of Topliss-reactive ketones (excluding diaryl/α,β-unsaturated/α-hetero) is 1. The first-order chi connectivity index (χ1) is 9.67. The Balaban J connectivity index is 1.97. The predicted molar refractivity (Wildman–Crippen MR) is 73.1 cm³/mol. The quantitative estimate of drug-likeness (QED) is 0.685. The van der Waals surface area contributed by atoms with Crippen LogP contribution < -0.4 is 4.74 Å². The molecule has 1 aliphatic heterocycles. The van der Waals surface area contributed by atoms with Crippen LogP contribution in [0.2, 0.25) is 0 Å². The molecule has 2 aromatic carbocycles. The van der Waals surface area contributed by atoms with E-state index in [1.807, 2.05) is 30.3 Å². The Morgan fingerprint density at radius 2 is 1.95 bits per heavy atom. The molecule has 1 N–H and O–H groups in total. The number of epoxide rings is 1. The molecule has 1 atom stereocenters. The molecule has 1 heterocycles. The zero-order chi connectivity index (χ0) is 14.2. The number of hydrogen-bond acceptors (Lipinski definition) is 4. The topological polar surface area (TPSA) is 59.1 Å². The lowest BCUT2D eigenvalue weighted by molar-refractivity contribution is 0.0870. The van der Waals surface area contributed by atoms with Gasteiger partial charge >= 0.3 is 0 Å². The molecule has 102 valence electrons. The second-order valence-corrected chi connectivity index (χ2v) is 4.70. The number of hydrogen-bond donors (Lipinski definition) is 1. The molecule has 2 aromatic rings. The maximum atomic E-state index is 12.6. The van der Waals surface area contributed by atoms with Crippen molar-refractivity contribution in [3.05, 3.63) is 59.7 Å². The van der Waals surface area contributed by atoms with Crippen LogP contribution in [0.15, 0.2) is 48.5 Å². The van der Waals surface area contributed by atoms with Gasteiger partial charge in [0.1, 0.15) is 0 Å². The highest BCUT2D eigenvalue weighted by molar-refractivity contribution is 6.05. The summed E-state index contributed by atoms with van der Waals surface area (Å²) in [5, 5.41) is 9.58. The highest BCUT2D eigenvalue weighted by Crippen LogP contribution is 2.42. The fraction of sp³-hybridized carbons (Fsp3) is 0.188. The molecular weight excluding hydrogens is 256 g/mol. The molecule has 0 bridgehead atoms. The second kappa shape index (κ2) is 4.65. The average Bonchev–Trinajstić information content (AvgIpc) is 3.30. The third kappa shape index (κ3) is 1.94. The lowest BCUT2D eigenvalue weighted by Crippen LogP contribution is -2.22. The number of ether oxygens (including phenoxy) is 2. The summed E-state index contributed by atoms with van der Waals surface area (Å²) in [6.07, 6.45) is 0. The van der Waals surface area contributed by atoms with E-state index >= 15 is 0 Å². The molecule has 4 nitrogen and oxygen atoms in total. The maximum Gasteiger partial charge on any atom is 0.201 e. The molecular formula is C16H14O4. The molecule has 4 heteroatoms. The number of benzene rings is 2. The normalized spacial score (nSPS) is 20.4. The largest absolute Gasteiger partial charge is 0.504 e. The number of aromatic hydroxyl groups is 1. The van der Waals surface area contributed by atoms with Crippen LogP contribution >= 0.6 is 0 Å². The Kier molecular flexibility index (Phi) is 2.95. The minimum absolute atomic E-state index is 0.00882. The van der Waals surface area contributed by atoms with Crippen molar-refractivity contribution >= 4 is 5.78 Å². The highest BCUT2D eigenvalue weighted by atomic mass is 16.6. The SMILES string of the molecule is COc1cc(C(=O)C2(c3ccccc3)CO2)ccc1O. The van der Waals surface area contributed by atoms with E-state index in [9.17, 15) is 9.90 Å². The summed E-state index contributed by atoms with van der Waals surface area (Å²) in [7, 11) is 1.45. The van der Waals surface area contributed by atoms with Crippen molar-refractivity contribution in [3.63, 3.8) is 0 Å². The van der Waals surface area contributed by atoms with E-state index in [1.165, 1.54) is 19.2 Å². The van der Waals surface area contributed by atoms with Gasteiger partial charge in [0.15, 0.2) is 17.1 Å². The van der Waals surface area contributed by atoms with Crippen molar-refractivity contribution in [2.24, 2.45) is 0 Å². The fourth-order valence-corrected chi connectivity index (χ4v) is 2.26. The summed E-state index contributed by atoms with van der Waals surface area (Å²) in [5.41, 5.74) is 0.418. The fourth-order valence-electron chi connectivity index (χ4n) is 2.26. The first kappa shape index (κ1) is 12.7. The molecule has 1 unspecified atom stereocenters. The second-order valence-electron chi connectivity index (χ2n) is 4.70. The Labute approximate surface area is 116 Å². The van der Waals surface area contributed by atoms with E-state index in [1.54, 1.807) is 6.07 Å². The van der Waals surface area contributed by atoms with Crippen molar-refractivity contribution in [3.8, 4) is 11.5 Å². The zero-order valence-electron chi connectivity index (χ0n) is 11.0. The van der Waals surface area contributed by atoms with Gasteiger partial charge in [-0.15, -0.1) is 0 Å². The third-order valence-electron chi connectivity index (χ3n) is 3.48. The van der Waals surface area contributed by atoms with Crippen LogP contribution in [0.3, 0.4) is 0 Å². The van der Waals surface area contributed by atoms with Crippen LogP contribution in [0.5, 0.6) is 11.5 Å². The van der Waals surface area contributed by atoms with Gasteiger partial charge in [0.25, 0.3) is 0 Å². The summed E-state index contributed by atoms with van der Waals surface area (Å²) in [6, 6.07) is 14.0. The highest BCUT2D eigenvalue weighted by Gasteiger charge is 2.53. The monoisotopic (exact) mass is 270 g/mol. The predicted octanol–water partition coefficient (Wildman–Crippen LogP) is 2.51. The van der Waals surface area contributed by atoms with Gasteiger partial charge in [0, 0.05) is 5.56 Å². The van der Waals surface area contributed by atoms with Crippen molar-refractivity contribution in [1.82, 2.24) is 0 Å². The zero-order valence-corrected chi connectivity index (χ0v) is 11.0. The van der Waals surface area contributed by atoms with Crippen LogP contribution in [0.4, 0.5) is 0 Å². The lowest BCUT2D eigenvalue weighted by Gasteiger charge is -2.12. The molecule has 1 fully saturated rings. The van der Waals surface area contributed by atoms with Crippen LogP contribution in [0.25, 0.3) is 0 Å². The van der Waals surface area contributed by atoms with E-state index in [2.05, 4.69) is 0 Å². The minimum Gasteiger partial charge on any atom is -0.504 e. The van der Waals surface area contributed by atoms with Gasteiger partial charge in [-0.3, -0.25) is 4.79 Å². The van der Waals surface area contributed by atoms with Gasteiger partial charge in [-0.1, -0.05) is 30.3 Å². The third-order valence-corrected chi connectivity index (χ3v) is 3.48. The number of carbonyl (C=O) groups excluding carboxylic acids is 1. The van der Waals surface area contributed by atoms with Gasteiger partial charge in [-0.2, -0.15) is 0 Å². The molecule has 0 aromatic heterocycles. The first-order valence-corrected chi connectivity index (χ1v) is 6.29. The molecule has 0 saturated carbocycles. The molecule has 0 amide bonds.